The van der Waals surface area contributed by atoms with Crippen molar-refractivity contribution in [2.45, 2.75) is 39.0 Å². The molecule has 1 aromatic rings. The Hall–Kier alpha value is -1.18. The third kappa shape index (κ3) is 1.89. The molecule has 0 spiro atoms. The molecule has 2 rings (SSSR count). The largest absolute Gasteiger partial charge is 0.486 e. The van der Waals surface area contributed by atoms with Gasteiger partial charge < -0.3 is 9.47 Å². The number of rotatable bonds is 3. The Bertz CT molecular complexity index is 367. The lowest BCUT2D eigenvalue weighted by Gasteiger charge is -2.29. The van der Waals surface area contributed by atoms with E-state index in [1.807, 2.05) is 6.07 Å². The molecule has 0 unspecified atom stereocenters. The van der Waals surface area contributed by atoms with E-state index < -0.39 is 0 Å². The molecule has 1 heterocycles. The molecule has 2 nitrogen and oxygen atoms in total. The van der Waals surface area contributed by atoms with Crippen molar-refractivity contribution in [1.29, 1.82) is 0 Å². The average Bonchev–Trinajstić information content (AvgIpc) is 2.37. The van der Waals surface area contributed by atoms with Crippen LogP contribution in [-0.2, 0) is 5.41 Å². The Morgan fingerprint density at radius 3 is 2.31 bits per heavy atom. The van der Waals surface area contributed by atoms with Gasteiger partial charge in [0.05, 0.1) is 0 Å². The molecule has 0 fully saturated rings. The summed E-state index contributed by atoms with van der Waals surface area (Å²) in [6, 6.07) is 6.34. The van der Waals surface area contributed by atoms with Gasteiger partial charge in [0.25, 0.3) is 0 Å². The van der Waals surface area contributed by atoms with Gasteiger partial charge >= 0.3 is 0 Å². The number of benzene rings is 1. The second kappa shape index (κ2) is 4.36. The van der Waals surface area contributed by atoms with Gasteiger partial charge in [0.2, 0.25) is 0 Å². The Morgan fingerprint density at radius 2 is 1.69 bits per heavy atom. The summed E-state index contributed by atoms with van der Waals surface area (Å²) in [7, 11) is 0. The summed E-state index contributed by atoms with van der Waals surface area (Å²) >= 11 is 0. The molecule has 1 aliphatic heterocycles. The highest BCUT2D eigenvalue weighted by atomic mass is 16.6. The summed E-state index contributed by atoms with van der Waals surface area (Å²) in [6.07, 6.45) is 2.28. The molecular formula is C14H20O2. The van der Waals surface area contributed by atoms with Gasteiger partial charge in [-0.15, -0.1) is 0 Å². The van der Waals surface area contributed by atoms with E-state index >= 15 is 0 Å². The van der Waals surface area contributed by atoms with Crippen LogP contribution in [-0.4, -0.2) is 13.2 Å². The van der Waals surface area contributed by atoms with Crippen LogP contribution >= 0.6 is 0 Å². The lowest BCUT2D eigenvalue weighted by atomic mass is 9.78. The second-order valence-corrected chi connectivity index (χ2v) is 4.63. The molecule has 1 aliphatic rings. The lowest BCUT2D eigenvalue weighted by molar-refractivity contribution is 0.171. The van der Waals surface area contributed by atoms with E-state index in [1.54, 1.807) is 0 Å². The van der Waals surface area contributed by atoms with Crippen molar-refractivity contribution < 1.29 is 9.47 Å². The number of ether oxygens (including phenoxy) is 2. The Balaban J connectivity index is 2.36. The topological polar surface area (TPSA) is 18.5 Å². The van der Waals surface area contributed by atoms with Gasteiger partial charge in [-0.05, 0) is 36.0 Å². The first-order valence-corrected chi connectivity index (χ1v) is 6.09. The predicted molar refractivity (Wildman–Crippen MR) is 65.4 cm³/mol. The second-order valence-electron chi connectivity index (χ2n) is 4.63. The SMILES string of the molecule is CCC(C)(CC)c1ccc2c(c1)OCCO2. The molecular weight excluding hydrogens is 200 g/mol. The van der Waals surface area contributed by atoms with Crippen LogP contribution in [0.5, 0.6) is 11.5 Å². The number of hydrogen-bond acceptors (Lipinski definition) is 2. The fraction of sp³-hybridized carbons (Fsp3) is 0.571. The zero-order chi connectivity index (χ0) is 11.6. The molecule has 0 atom stereocenters. The van der Waals surface area contributed by atoms with Crippen molar-refractivity contribution in [3.63, 3.8) is 0 Å². The van der Waals surface area contributed by atoms with Crippen LogP contribution in [0.2, 0.25) is 0 Å². The van der Waals surface area contributed by atoms with Gasteiger partial charge in [-0.3, -0.25) is 0 Å². The zero-order valence-electron chi connectivity index (χ0n) is 10.4. The molecule has 0 aromatic heterocycles. The van der Waals surface area contributed by atoms with Crippen molar-refractivity contribution in [2.24, 2.45) is 0 Å². The van der Waals surface area contributed by atoms with Gasteiger partial charge in [-0.1, -0.05) is 26.8 Å². The first-order chi connectivity index (χ1) is 7.69. The minimum Gasteiger partial charge on any atom is -0.486 e. The lowest BCUT2D eigenvalue weighted by Crippen LogP contribution is -2.21. The Labute approximate surface area is 97.6 Å². The fourth-order valence-corrected chi connectivity index (χ4v) is 2.08. The van der Waals surface area contributed by atoms with Gasteiger partial charge in [0.1, 0.15) is 13.2 Å². The van der Waals surface area contributed by atoms with Crippen LogP contribution in [0.25, 0.3) is 0 Å². The van der Waals surface area contributed by atoms with Crippen LogP contribution in [0.1, 0.15) is 39.2 Å². The normalized spacial score (nSPS) is 14.9. The van der Waals surface area contributed by atoms with Crippen molar-refractivity contribution in [3.8, 4) is 11.5 Å². The Kier molecular flexibility index (Phi) is 3.08. The molecule has 0 amide bonds. The first kappa shape index (κ1) is 11.3. The summed E-state index contributed by atoms with van der Waals surface area (Å²) in [6.45, 7) is 8.09. The highest BCUT2D eigenvalue weighted by Crippen LogP contribution is 2.37. The molecule has 2 heteroatoms. The van der Waals surface area contributed by atoms with E-state index in [9.17, 15) is 0 Å². The number of fused-ring (bicyclic) bond motifs is 1. The minimum absolute atomic E-state index is 0.246. The van der Waals surface area contributed by atoms with E-state index in [2.05, 4.69) is 32.9 Å². The third-order valence-electron chi connectivity index (χ3n) is 3.80. The minimum atomic E-state index is 0.246. The molecule has 0 bridgehead atoms. The van der Waals surface area contributed by atoms with E-state index in [-0.39, 0.29) is 5.41 Å². The summed E-state index contributed by atoms with van der Waals surface area (Å²) in [5, 5.41) is 0. The van der Waals surface area contributed by atoms with Crippen molar-refractivity contribution in [1.82, 2.24) is 0 Å². The molecule has 0 saturated carbocycles. The smallest absolute Gasteiger partial charge is 0.161 e. The first-order valence-electron chi connectivity index (χ1n) is 6.09. The van der Waals surface area contributed by atoms with Gasteiger partial charge in [-0.25, -0.2) is 0 Å². The van der Waals surface area contributed by atoms with Crippen LogP contribution in [0.15, 0.2) is 18.2 Å². The molecule has 88 valence electrons. The zero-order valence-corrected chi connectivity index (χ0v) is 10.4. The highest BCUT2D eigenvalue weighted by Gasteiger charge is 2.24. The van der Waals surface area contributed by atoms with Gasteiger partial charge in [0, 0.05) is 0 Å². The van der Waals surface area contributed by atoms with E-state index in [0.29, 0.717) is 13.2 Å². The molecule has 0 radical (unpaired) electrons. The number of hydrogen-bond donors (Lipinski definition) is 0. The van der Waals surface area contributed by atoms with E-state index in [1.165, 1.54) is 5.56 Å². The maximum Gasteiger partial charge on any atom is 0.161 e. The monoisotopic (exact) mass is 220 g/mol. The van der Waals surface area contributed by atoms with E-state index in [4.69, 9.17) is 9.47 Å². The van der Waals surface area contributed by atoms with Crippen LogP contribution < -0.4 is 9.47 Å². The Morgan fingerprint density at radius 1 is 1.06 bits per heavy atom. The molecule has 1 aromatic carbocycles. The standard InChI is InChI=1S/C14H20O2/c1-4-14(3,5-2)11-6-7-12-13(10-11)16-9-8-15-12/h6-7,10H,4-5,8-9H2,1-3H3. The highest BCUT2D eigenvalue weighted by molar-refractivity contribution is 5.45. The van der Waals surface area contributed by atoms with Crippen LogP contribution in [0.4, 0.5) is 0 Å². The maximum absolute atomic E-state index is 5.62. The van der Waals surface area contributed by atoms with Crippen molar-refractivity contribution in [3.05, 3.63) is 23.8 Å². The average molecular weight is 220 g/mol. The summed E-state index contributed by atoms with van der Waals surface area (Å²) in [5.74, 6) is 1.78. The maximum atomic E-state index is 5.62. The summed E-state index contributed by atoms with van der Waals surface area (Å²) in [5.41, 5.74) is 1.59. The van der Waals surface area contributed by atoms with E-state index in [0.717, 1.165) is 24.3 Å². The van der Waals surface area contributed by atoms with Crippen molar-refractivity contribution in [2.75, 3.05) is 13.2 Å². The third-order valence-corrected chi connectivity index (χ3v) is 3.80. The fourth-order valence-electron chi connectivity index (χ4n) is 2.08. The predicted octanol–water partition coefficient (Wildman–Crippen LogP) is 3.54. The summed E-state index contributed by atoms with van der Waals surface area (Å²) < 4.78 is 11.2. The van der Waals surface area contributed by atoms with Crippen LogP contribution in [0.3, 0.4) is 0 Å². The summed E-state index contributed by atoms with van der Waals surface area (Å²) in [4.78, 5) is 0. The van der Waals surface area contributed by atoms with Crippen LogP contribution in [0, 0.1) is 0 Å². The quantitative estimate of drug-likeness (QED) is 0.775. The van der Waals surface area contributed by atoms with Gasteiger partial charge in [-0.2, -0.15) is 0 Å². The van der Waals surface area contributed by atoms with Gasteiger partial charge in [0.15, 0.2) is 11.5 Å². The molecule has 0 aliphatic carbocycles. The molecule has 0 N–H and O–H groups in total. The molecule has 0 saturated heterocycles. The van der Waals surface area contributed by atoms with Crippen molar-refractivity contribution >= 4 is 0 Å². The molecule has 16 heavy (non-hydrogen) atoms.